The number of ether oxygens (including phenoxy) is 1. The van der Waals surface area contributed by atoms with Gasteiger partial charge in [0, 0.05) is 18.4 Å². The van der Waals surface area contributed by atoms with E-state index in [1.807, 2.05) is 24.3 Å². The van der Waals surface area contributed by atoms with E-state index in [1.165, 1.54) is 0 Å². The first-order valence-electron chi connectivity index (χ1n) is 10.6. The van der Waals surface area contributed by atoms with Crippen molar-refractivity contribution in [2.75, 3.05) is 19.7 Å². The van der Waals surface area contributed by atoms with Crippen LogP contribution in [0.2, 0.25) is 0 Å². The predicted octanol–water partition coefficient (Wildman–Crippen LogP) is 2.11. The molecule has 8 nitrogen and oxygen atoms in total. The summed E-state index contributed by atoms with van der Waals surface area (Å²) in [6.45, 7) is 1.27. The van der Waals surface area contributed by atoms with E-state index in [4.69, 9.17) is 9.84 Å². The number of hydrogen-bond donors (Lipinski definition) is 4. The van der Waals surface area contributed by atoms with Gasteiger partial charge in [-0.1, -0.05) is 48.5 Å². The topological polar surface area (TPSA) is 125 Å². The SMILES string of the molecule is CC(O)(CNC(=O)C1CC1CNC(=O)OCC1c2ccccc2-c2ccccc21)C(=O)O. The second kappa shape index (κ2) is 8.63. The molecule has 2 aliphatic rings. The Morgan fingerprint density at radius 2 is 1.62 bits per heavy atom. The van der Waals surface area contributed by atoms with Crippen LogP contribution in [0.1, 0.15) is 30.4 Å². The van der Waals surface area contributed by atoms with Crippen LogP contribution in [0.5, 0.6) is 0 Å². The van der Waals surface area contributed by atoms with Crippen molar-refractivity contribution in [3.05, 3.63) is 59.7 Å². The van der Waals surface area contributed by atoms with Gasteiger partial charge in [0.25, 0.3) is 0 Å². The van der Waals surface area contributed by atoms with Crippen LogP contribution in [0, 0.1) is 11.8 Å². The lowest BCUT2D eigenvalue weighted by molar-refractivity contribution is -0.156. The Morgan fingerprint density at radius 3 is 2.22 bits per heavy atom. The van der Waals surface area contributed by atoms with Gasteiger partial charge in [-0.2, -0.15) is 0 Å². The van der Waals surface area contributed by atoms with Gasteiger partial charge in [0.15, 0.2) is 5.60 Å². The van der Waals surface area contributed by atoms with Crippen molar-refractivity contribution in [1.82, 2.24) is 10.6 Å². The largest absolute Gasteiger partial charge is 0.479 e. The molecule has 0 bridgehead atoms. The van der Waals surface area contributed by atoms with Crippen LogP contribution in [0.3, 0.4) is 0 Å². The van der Waals surface area contributed by atoms with Crippen LogP contribution in [-0.2, 0) is 14.3 Å². The van der Waals surface area contributed by atoms with E-state index in [2.05, 4.69) is 34.9 Å². The second-order valence-corrected chi connectivity index (χ2v) is 8.61. The summed E-state index contributed by atoms with van der Waals surface area (Å²) in [6, 6.07) is 16.2. The molecule has 0 aromatic heterocycles. The molecule has 8 heteroatoms. The lowest BCUT2D eigenvalue weighted by Gasteiger charge is -2.18. The highest BCUT2D eigenvalue weighted by Gasteiger charge is 2.44. The number of amides is 2. The van der Waals surface area contributed by atoms with Crippen molar-refractivity contribution in [3.8, 4) is 11.1 Å². The number of rotatable bonds is 8. The van der Waals surface area contributed by atoms with E-state index in [-0.39, 0.29) is 36.8 Å². The van der Waals surface area contributed by atoms with Gasteiger partial charge >= 0.3 is 12.1 Å². The molecule has 0 saturated heterocycles. The molecule has 0 radical (unpaired) electrons. The zero-order chi connectivity index (χ0) is 22.9. The Bertz CT molecular complexity index is 1000. The fourth-order valence-corrected chi connectivity index (χ4v) is 4.12. The molecule has 0 heterocycles. The number of benzene rings is 2. The molecule has 4 N–H and O–H groups in total. The molecule has 2 aromatic rings. The van der Waals surface area contributed by atoms with Crippen LogP contribution >= 0.6 is 0 Å². The van der Waals surface area contributed by atoms with Crippen molar-refractivity contribution in [2.24, 2.45) is 11.8 Å². The molecule has 3 atom stereocenters. The van der Waals surface area contributed by atoms with Crippen LogP contribution < -0.4 is 10.6 Å². The Morgan fingerprint density at radius 1 is 1.03 bits per heavy atom. The van der Waals surface area contributed by atoms with Gasteiger partial charge in [-0.25, -0.2) is 9.59 Å². The summed E-state index contributed by atoms with van der Waals surface area (Å²) in [6.07, 6.45) is 0.0526. The molecule has 0 aliphatic heterocycles. The standard InChI is InChI=1S/C24H26N2O6/c1-24(31,22(28)29)13-26-21(27)19-10-14(19)11-25-23(30)32-12-20-17-8-4-2-6-15(17)16-7-3-5-9-18(16)20/h2-9,14,19-20,31H,10-13H2,1H3,(H,25,30)(H,26,27)(H,28,29). The van der Waals surface area contributed by atoms with Crippen molar-refractivity contribution in [2.45, 2.75) is 24.9 Å². The number of fused-ring (bicyclic) bond motifs is 3. The van der Waals surface area contributed by atoms with Crippen LogP contribution in [0.15, 0.2) is 48.5 Å². The highest BCUT2D eigenvalue weighted by atomic mass is 16.5. The molecular formula is C24H26N2O6. The lowest BCUT2D eigenvalue weighted by Crippen LogP contribution is -2.47. The first-order chi connectivity index (χ1) is 15.3. The van der Waals surface area contributed by atoms with E-state index in [1.54, 1.807) is 0 Å². The third-order valence-electron chi connectivity index (χ3n) is 6.18. The van der Waals surface area contributed by atoms with Crippen LogP contribution in [-0.4, -0.2) is 53.5 Å². The van der Waals surface area contributed by atoms with E-state index in [9.17, 15) is 19.5 Å². The molecule has 1 saturated carbocycles. The van der Waals surface area contributed by atoms with E-state index >= 15 is 0 Å². The first-order valence-corrected chi connectivity index (χ1v) is 10.6. The quantitative estimate of drug-likeness (QED) is 0.500. The minimum absolute atomic E-state index is 0.0189. The highest BCUT2D eigenvalue weighted by Crippen LogP contribution is 2.44. The summed E-state index contributed by atoms with van der Waals surface area (Å²) in [4.78, 5) is 35.2. The summed E-state index contributed by atoms with van der Waals surface area (Å²) in [5.41, 5.74) is 2.58. The van der Waals surface area contributed by atoms with E-state index < -0.39 is 17.7 Å². The Labute approximate surface area is 185 Å². The molecule has 3 unspecified atom stereocenters. The van der Waals surface area contributed by atoms with Gasteiger partial charge in [-0.15, -0.1) is 0 Å². The molecule has 2 amide bonds. The monoisotopic (exact) mass is 438 g/mol. The normalized spacial score (nSPS) is 20.4. The van der Waals surface area contributed by atoms with E-state index in [0.29, 0.717) is 13.0 Å². The second-order valence-electron chi connectivity index (χ2n) is 8.61. The maximum Gasteiger partial charge on any atom is 0.407 e. The highest BCUT2D eigenvalue weighted by molar-refractivity contribution is 5.83. The van der Waals surface area contributed by atoms with Crippen LogP contribution in [0.4, 0.5) is 4.79 Å². The fraction of sp³-hybridized carbons (Fsp3) is 0.375. The zero-order valence-corrected chi connectivity index (χ0v) is 17.7. The number of nitrogens with one attached hydrogen (secondary N) is 2. The maximum atomic E-state index is 12.2. The number of aliphatic carboxylic acids is 1. The number of aliphatic hydroxyl groups is 1. The van der Waals surface area contributed by atoms with Gasteiger partial charge in [0.05, 0.1) is 6.54 Å². The van der Waals surface area contributed by atoms with Crippen molar-refractivity contribution in [3.63, 3.8) is 0 Å². The minimum Gasteiger partial charge on any atom is -0.479 e. The van der Waals surface area contributed by atoms with Crippen molar-refractivity contribution >= 4 is 18.0 Å². The molecular weight excluding hydrogens is 412 g/mol. The number of carboxylic acid groups (broad SMARTS) is 1. The summed E-state index contributed by atoms with van der Waals surface area (Å²) in [7, 11) is 0. The van der Waals surface area contributed by atoms with Crippen molar-refractivity contribution in [1.29, 1.82) is 0 Å². The Kier molecular flexibility index (Phi) is 5.88. The number of carboxylic acids is 1. The van der Waals surface area contributed by atoms with E-state index in [0.717, 1.165) is 29.2 Å². The average Bonchev–Trinajstić information content (AvgIpc) is 3.50. The van der Waals surface area contributed by atoms with Gasteiger partial charge in [-0.05, 0) is 41.5 Å². The third kappa shape index (κ3) is 4.45. The predicted molar refractivity (Wildman–Crippen MR) is 116 cm³/mol. The molecule has 32 heavy (non-hydrogen) atoms. The lowest BCUT2D eigenvalue weighted by atomic mass is 9.98. The van der Waals surface area contributed by atoms with Gasteiger partial charge in [-0.3, -0.25) is 4.79 Å². The van der Waals surface area contributed by atoms with Gasteiger partial charge in [0.2, 0.25) is 5.91 Å². The first kappa shape index (κ1) is 21.8. The third-order valence-corrected chi connectivity index (χ3v) is 6.18. The summed E-state index contributed by atoms with van der Waals surface area (Å²) >= 11 is 0. The average molecular weight is 438 g/mol. The molecule has 4 rings (SSSR count). The maximum absolute atomic E-state index is 12.2. The molecule has 1 fully saturated rings. The number of carbonyl (C=O) groups excluding carboxylic acids is 2. The fourth-order valence-electron chi connectivity index (χ4n) is 4.12. The molecule has 2 aromatic carbocycles. The molecule has 0 spiro atoms. The Hall–Kier alpha value is -3.39. The van der Waals surface area contributed by atoms with Crippen molar-refractivity contribution < 1.29 is 29.3 Å². The van der Waals surface area contributed by atoms with Gasteiger partial charge < -0.3 is 25.6 Å². The zero-order valence-electron chi connectivity index (χ0n) is 17.7. The van der Waals surface area contributed by atoms with Gasteiger partial charge in [0.1, 0.15) is 6.61 Å². The number of carbonyl (C=O) groups is 3. The summed E-state index contributed by atoms with van der Waals surface area (Å²) in [5, 5.41) is 23.7. The summed E-state index contributed by atoms with van der Waals surface area (Å²) in [5.74, 6) is -2.10. The van der Waals surface area contributed by atoms with Crippen LogP contribution in [0.25, 0.3) is 11.1 Å². The Balaban J connectivity index is 1.23. The smallest absolute Gasteiger partial charge is 0.407 e. The molecule has 2 aliphatic carbocycles. The number of alkyl carbamates (subject to hydrolysis) is 1. The minimum atomic E-state index is -2.01. The molecule has 168 valence electrons. The number of hydrogen-bond acceptors (Lipinski definition) is 5. The summed E-state index contributed by atoms with van der Waals surface area (Å²) < 4.78 is 5.48.